The van der Waals surface area contributed by atoms with Crippen LogP contribution in [0.15, 0.2) is 42.5 Å². The highest BCUT2D eigenvalue weighted by atomic mass is 35.5. The molecule has 178 valence electrons. The highest BCUT2D eigenvalue weighted by Gasteiger charge is 2.69. The molecule has 6 nitrogen and oxygen atoms in total. The average molecular weight is 507 g/mol. The van der Waals surface area contributed by atoms with Gasteiger partial charge in [-0.3, -0.25) is 4.79 Å². The number of rotatable bonds is 8. The van der Waals surface area contributed by atoms with E-state index in [1.54, 1.807) is 0 Å². The first kappa shape index (κ1) is 23.8. The number of carbonyl (C=O) groups is 1. The molecule has 2 N–H and O–H groups in total. The SMILES string of the molecule is O=C(COc1ccc(Cl)c(F)c1)NC12CC(NS(=O)(=O)Cc3cccc(C(F)(F)F)c3)(C1)C2. The Kier molecular flexibility index (Phi) is 5.86. The second-order valence-corrected chi connectivity index (χ2v) is 10.7. The number of alkyl halides is 3. The standard InChI is InChI=1S/C21H19ClF4N2O4S/c22-16-5-4-15(7-17(16)23)32-8-18(29)27-19-10-20(11-19,12-19)28-33(30,31)9-13-2-1-3-14(6-13)21(24,25)26/h1-7,28H,8-12H2,(H,27,29). The van der Waals surface area contributed by atoms with Gasteiger partial charge in [0.25, 0.3) is 5.91 Å². The number of halogens is 5. The predicted octanol–water partition coefficient (Wildman–Crippen LogP) is 3.79. The third-order valence-electron chi connectivity index (χ3n) is 5.68. The summed E-state index contributed by atoms with van der Waals surface area (Å²) in [5, 5.41) is 2.73. The van der Waals surface area contributed by atoms with Crippen LogP contribution in [0.4, 0.5) is 17.6 Å². The Morgan fingerprint density at radius 2 is 1.79 bits per heavy atom. The van der Waals surface area contributed by atoms with Gasteiger partial charge in [-0.1, -0.05) is 29.8 Å². The van der Waals surface area contributed by atoms with Gasteiger partial charge >= 0.3 is 6.18 Å². The first-order chi connectivity index (χ1) is 15.3. The van der Waals surface area contributed by atoms with Crippen molar-refractivity contribution < 1.29 is 35.5 Å². The van der Waals surface area contributed by atoms with Gasteiger partial charge in [0.1, 0.15) is 11.6 Å². The van der Waals surface area contributed by atoms with Crippen LogP contribution >= 0.6 is 11.6 Å². The zero-order valence-electron chi connectivity index (χ0n) is 17.0. The number of hydrogen-bond donors (Lipinski definition) is 2. The monoisotopic (exact) mass is 506 g/mol. The summed E-state index contributed by atoms with van der Waals surface area (Å²) in [6.07, 6.45) is -3.47. The number of nitrogens with one attached hydrogen (secondary N) is 2. The van der Waals surface area contributed by atoms with Crippen molar-refractivity contribution in [3.05, 3.63) is 64.4 Å². The number of ether oxygens (including phenoxy) is 1. The number of benzene rings is 2. The van der Waals surface area contributed by atoms with Gasteiger partial charge in [-0.2, -0.15) is 13.2 Å². The van der Waals surface area contributed by atoms with E-state index in [0.29, 0.717) is 19.3 Å². The van der Waals surface area contributed by atoms with Crippen LogP contribution < -0.4 is 14.8 Å². The van der Waals surface area contributed by atoms with E-state index in [2.05, 4.69) is 10.0 Å². The van der Waals surface area contributed by atoms with Crippen LogP contribution in [-0.4, -0.2) is 32.0 Å². The molecular formula is C21H19ClF4N2O4S. The number of hydrogen-bond acceptors (Lipinski definition) is 4. The van der Waals surface area contributed by atoms with Crippen LogP contribution in [0.25, 0.3) is 0 Å². The van der Waals surface area contributed by atoms with Gasteiger partial charge in [-0.05, 0) is 43.0 Å². The van der Waals surface area contributed by atoms with Crippen LogP contribution in [0.1, 0.15) is 30.4 Å². The normalized spacial score (nSPS) is 23.9. The van der Waals surface area contributed by atoms with Gasteiger partial charge < -0.3 is 10.1 Å². The predicted molar refractivity (Wildman–Crippen MR) is 112 cm³/mol. The minimum atomic E-state index is -4.56. The van der Waals surface area contributed by atoms with Gasteiger partial charge in [0.05, 0.1) is 16.3 Å². The topological polar surface area (TPSA) is 84.5 Å². The Morgan fingerprint density at radius 1 is 1.09 bits per heavy atom. The molecule has 0 atom stereocenters. The number of amides is 1. The van der Waals surface area contributed by atoms with E-state index in [1.807, 2.05) is 0 Å². The highest BCUT2D eigenvalue weighted by Crippen LogP contribution is 2.60. The molecule has 12 heteroatoms. The summed E-state index contributed by atoms with van der Waals surface area (Å²) in [7, 11) is -3.89. The molecule has 2 aromatic rings. The largest absolute Gasteiger partial charge is 0.484 e. The number of sulfonamides is 1. The molecule has 3 saturated carbocycles. The molecule has 0 saturated heterocycles. The molecule has 2 aromatic carbocycles. The molecule has 0 radical (unpaired) electrons. The number of carbonyl (C=O) groups excluding carboxylic acids is 1. The fourth-order valence-corrected chi connectivity index (χ4v) is 6.18. The van der Waals surface area contributed by atoms with E-state index in [1.165, 1.54) is 24.3 Å². The van der Waals surface area contributed by atoms with Crippen molar-refractivity contribution >= 4 is 27.5 Å². The van der Waals surface area contributed by atoms with E-state index in [0.717, 1.165) is 18.2 Å². The second kappa shape index (κ2) is 8.14. The molecule has 0 spiro atoms. The minimum Gasteiger partial charge on any atom is -0.484 e. The molecule has 3 aliphatic carbocycles. The maximum absolute atomic E-state index is 13.4. The van der Waals surface area contributed by atoms with E-state index in [9.17, 15) is 30.8 Å². The van der Waals surface area contributed by atoms with E-state index < -0.39 is 50.3 Å². The lowest BCUT2D eigenvalue weighted by molar-refractivity contribution is -0.140. The van der Waals surface area contributed by atoms with Crippen LogP contribution in [-0.2, 0) is 26.7 Å². The summed E-state index contributed by atoms with van der Waals surface area (Å²) in [5.41, 5.74) is -2.15. The molecule has 3 fully saturated rings. The van der Waals surface area contributed by atoms with Gasteiger partial charge in [0, 0.05) is 17.1 Å². The van der Waals surface area contributed by atoms with Gasteiger partial charge in [0.15, 0.2) is 6.61 Å². The molecule has 0 unspecified atom stereocenters. The maximum Gasteiger partial charge on any atom is 0.416 e. The van der Waals surface area contributed by atoms with Crippen molar-refractivity contribution in [1.82, 2.24) is 10.0 Å². The van der Waals surface area contributed by atoms with E-state index in [-0.39, 0.29) is 22.9 Å². The van der Waals surface area contributed by atoms with Crippen molar-refractivity contribution in [3.63, 3.8) is 0 Å². The third kappa shape index (κ3) is 5.25. The fraction of sp³-hybridized carbons (Fsp3) is 0.381. The lowest BCUT2D eigenvalue weighted by Crippen LogP contribution is -2.83. The highest BCUT2D eigenvalue weighted by molar-refractivity contribution is 7.88. The zero-order valence-corrected chi connectivity index (χ0v) is 18.6. The molecule has 3 aliphatic rings. The molecule has 5 rings (SSSR count). The van der Waals surface area contributed by atoms with Gasteiger partial charge in [-0.15, -0.1) is 0 Å². The summed E-state index contributed by atoms with van der Waals surface area (Å²) in [6, 6.07) is 7.98. The smallest absolute Gasteiger partial charge is 0.416 e. The Balaban J connectivity index is 1.26. The van der Waals surface area contributed by atoms with Gasteiger partial charge in [0.2, 0.25) is 10.0 Å². The van der Waals surface area contributed by atoms with E-state index >= 15 is 0 Å². The summed E-state index contributed by atoms with van der Waals surface area (Å²) >= 11 is 5.59. The molecule has 0 aromatic heterocycles. The van der Waals surface area contributed by atoms with E-state index in [4.69, 9.17) is 16.3 Å². The second-order valence-electron chi connectivity index (χ2n) is 8.56. The maximum atomic E-state index is 13.4. The molecule has 0 heterocycles. The van der Waals surface area contributed by atoms with Crippen LogP contribution in [0.3, 0.4) is 0 Å². The van der Waals surface area contributed by atoms with Crippen molar-refractivity contribution in [2.45, 2.75) is 42.3 Å². The van der Waals surface area contributed by atoms with Crippen LogP contribution in [0, 0.1) is 5.82 Å². The first-order valence-corrected chi connectivity index (χ1v) is 11.9. The molecule has 33 heavy (non-hydrogen) atoms. The fourth-order valence-electron chi connectivity index (χ4n) is 4.50. The summed E-state index contributed by atoms with van der Waals surface area (Å²) in [6.45, 7) is -0.350. The third-order valence-corrected chi connectivity index (χ3v) is 7.44. The lowest BCUT2D eigenvalue weighted by atomic mass is 9.44. The van der Waals surface area contributed by atoms with Gasteiger partial charge in [-0.25, -0.2) is 17.5 Å². The van der Waals surface area contributed by atoms with Crippen molar-refractivity contribution in [3.8, 4) is 5.75 Å². The Hall–Kier alpha value is -2.37. The average Bonchev–Trinajstić information content (AvgIpc) is 2.65. The summed E-state index contributed by atoms with van der Waals surface area (Å²) in [4.78, 5) is 12.2. The summed E-state index contributed by atoms with van der Waals surface area (Å²) in [5.74, 6) is -1.55. The quantitative estimate of drug-likeness (QED) is 0.534. The van der Waals surface area contributed by atoms with Crippen molar-refractivity contribution in [2.75, 3.05) is 6.61 Å². The Labute approximate surface area is 192 Å². The minimum absolute atomic E-state index is 0.0303. The van der Waals surface area contributed by atoms with Crippen molar-refractivity contribution in [1.29, 1.82) is 0 Å². The molecule has 2 bridgehead atoms. The summed E-state index contributed by atoms with van der Waals surface area (Å²) < 4.78 is 84.7. The lowest BCUT2D eigenvalue weighted by Gasteiger charge is -2.70. The van der Waals surface area contributed by atoms with Crippen LogP contribution in [0.5, 0.6) is 5.75 Å². The van der Waals surface area contributed by atoms with Crippen molar-refractivity contribution in [2.24, 2.45) is 0 Å². The molecular weight excluding hydrogens is 488 g/mol. The molecule has 0 aliphatic heterocycles. The van der Waals surface area contributed by atoms with Crippen LogP contribution in [0.2, 0.25) is 5.02 Å². The first-order valence-electron chi connectivity index (χ1n) is 9.86. The molecule has 1 amide bonds. The Morgan fingerprint density at radius 3 is 2.42 bits per heavy atom. The zero-order chi connectivity index (χ0) is 24.1. The Bertz CT molecular complexity index is 1180.